The molecule has 0 radical (unpaired) electrons. The van der Waals surface area contributed by atoms with Gasteiger partial charge in [0.15, 0.2) is 5.78 Å². The number of Topliss-reactive ketones (excluding diaryl/α,β-unsaturated/α-hetero) is 1. The van der Waals surface area contributed by atoms with Crippen LogP contribution in [0.5, 0.6) is 5.75 Å². The van der Waals surface area contributed by atoms with E-state index in [1.165, 1.54) is 6.33 Å². The van der Waals surface area contributed by atoms with Gasteiger partial charge in [-0.3, -0.25) is 4.79 Å². The number of carbonyl (C=O) groups is 1. The van der Waals surface area contributed by atoms with Crippen molar-refractivity contribution in [2.75, 3.05) is 5.32 Å². The van der Waals surface area contributed by atoms with Crippen LogP contribution in [0, 0.1) is 0 Å². The van der Waals surface area contributed by atoms with E-state index in [1.54, 1.807) is 10.9 Å². The first kappa shape index (κ1) is 19.5. The third kappa shape index (κ3) is 3.61. The average molecular weight is 438 g/mol. The van der Waals surface area contributed by atoms with Gasteiger partial charge in [-0.05, 0) is 41.8 Å². The zero-order valence-corrected chi connectivity index (χ0v) is 17.8. The van der Waals surface area contributed by atoms with Crippen LogP contribution in [0.15, 0.2) is 95.0 Å². The van der Waals surface area contributed by atoms with E-state index in [4.69, 9.17) is 9.15 Å². The number of hydrogen-bond acceptors (Lipinski definition) is 6. The van der Waals surface area contributed by atoms with Crippen LogP contribution in [-0.4, -0.2) is 20.5 Å². The van der Waals surface area contributed by atoms with E-state index in [2.05, 4.69) is 15.4 Å². The molecule has 7 nitrogen and oxygen atoms in total. The van der Waals surface area contributed by atoms with E-state index >= 15 is 0 Å². The number of allylic oxidation sites excluding steroid dienone is 2. The number of rotatable bonds is 5. The van der Waals surface area contributed by atoms with Gasteiger partial charge in [0.1, 0.15) is 30.5 Å². The Morgan fingerprint density at radius 1 is 1.03 bits per heavy atom. The molecule has 164 valence electrons. The quantitative estimate of drug-likeness (QED) is 0.479. The van der Waals surface area contributed by atoms with Crippen LogP contribution in [-0.2, 0) is 11.4 Å². The van der Waals surface area contributed by atoms with E-state index in [-0.39, 0.29) is 17.7 Å². The maximum Gasteiger partial charge on any atom is 0.226 e. The molecule has 6 rings (SSSR count). The largest absolute Gasteiger partial charge is 0.489 e. The molecule has 1 aliphatic carbocycles. The molecule has 7 heteroatoms. The van der Waals surface area contributed by atoms with Gasteiger partial charge in [0.25, 0.3) is 0 Å². The summed E-state index contributed by atoms with van der Waals surface area (Å²) in [6.07, 6.45) is 4.27. The second kappa shape index (κ2) is 8.09. The van der Waals surface area contributed by atoms with Gasteiger partial charge in [-0.1, -0.05) is 42.5 Å². The standard InChI is InChI=1S/C26H22N4O3/c31-22-14-19(23-7-4-12-32-23)13-21-24(22)25(30-26(29-21)27-16-28-30)18-8-10-20(11-9-18)33-15-17-5-2-1-3-6-17/h1-12,16,19,25H,13-15H2,(H,27,28,29). The van der Waals surface area contributed by atoms with Gasteiger partial charge in [-0.15, -0.1) is 0 Å². The highest BCUT2D eigenvalue weighted by molar-refractivity contribution is 6.00. The summed E-state index contributed by atoms with van der Waals surface area (Å²) in [5.74, 6) is 2.36. The van der Waals surface area contributed by atoms with E-state index in [1.807, 2.05) is 66.7 Å². The zero-order chi connectivity index (χ0) is 22.2. The van der Waals surface area contributed by atoms with Crippen LogP contribution in [0.2, 0.25) is 0 Å². The molecular formula is C26H22N4O3. The van der Waals surface area contributed by atoms with Crippen molar-refractivity contribution in [3.63, 3.8) is 0 Å². The molecule has 0 saturated carbocycles. The minimum atomic E-state index is -0.327. The normalized spacial score (nSPS) is 19.6. The topological polar surface area (TPSA) is 82.2 Å². The van der Waals surface area contributed by atoms with Crippen LogP contribution in [0.3, 0.4) is 0 Å². The summed E-state index contributed by atoms with van der Waals surface area (Å²) in [7, 11) is 0. The highest BCUT2D eigenvalue weighted by Gasteiger charge is 2.39. The van der Waals surface area contributed by atoms with E-state index in [0.29, 0.717) is 25.4 Å². The Bertz CT molecular complexity index is 1310. The maximum atomic E-state index is 13.4. The molecule has 3 heterocycles. The van der Waals surface area contributed by atoms with Crippen LogP contribution < -0.4 is 10.1 Å². The highest BCUT2D eigenvalue weighted by Crippen LogP contribution is 2.44. The summed E-state index contributed by atoms with van der Waals surface area (Å²) in [5.41, 5.74) is 3.71. The van der Waals surface area contributed by atoms with E-state index < -0.39 is 0 Å². The number of anilines is 1. The third-order valence-electron chi connectivity index (χ3n) is 6.25. The molecule has 0 saturated heterocycles. The summed E-state index contributed by atoms with van der Waals surface area (Å²) in [4.78, 5) is 17.7. The van der Waals surface area contributed by atoms with Gasteiger partial charge < -0.3 is 14.5 Å². The number of nitrogens with zero attached hydrogens (tertiary/aromatic N) is 3. The Labute approximate surface area is 190 Å². The Kier molecular flexibility index (Phi) is 4.79. The molecular weight excluding hydrogens is 416 g/mol. The lowest BCUT2D eigenvalue weighted by Gasteiger charge is -2.34. The van der Waals surface area contributed by atoms with Crippen molar-refractivity contribution in [1.29, 1.82) is 0 Å². The predicted octanol–water partition coefficient (Wildman–Crippen LogP) is 4.87. The van der Waals surface area contributed by atoms with Gasteiger partial charge in [0, 0.05) is 23.6 Å². The molecule has 2 aliphatic rings. The molecule has 2 aromatic carbocycles. The lowest BCUT2D eigenvalue weighted by Crippen LogP contribution is -2.33. The van der Waals surface area contributed by atoms with Gasteiger partial charge in [-0.2, -0.15) is 10.1 Å². The molecule has 2 aromatic heterocycles. The van der Waals surface area contributed by atoms with Crippen molar-refractivity contribution in [2.45, 2.75) is 31.4 Å². The third-order valence-corrected chi connectivity index (χ3v) is 6.25. The van der Waals surface area contributed by atoms with Crippen molar-refractivity contribution in [1.82, 2.24) is 14.8 Å². The predicted molar refractivity (Wildman–Crippen MR) is 122 cm³/mol. The number of fused-ring (bicyclic) bond motifs is 1. The second-order valence-electron chi connectivity index (χ2n) is 8.34. The number of hydrogen-bond donors (Lipinski definition) is 1. The second-order valence-corrected chi connectivity index (χ2v) is 8.34. The Hall–Kier alpha value is -4.13. The molecule has 0 fully saturated rings. The van der Waals surface area contributed by atoms with E-state index in [9.17, 15) is 4.79 Å². The fourth-order valence-corrected chi connectivity index (χ4v) is 4.67. The molecule has 0 amide bonds. The summed E-state index contributed by atoms with van der Waals surface area (Å²) in [6.45, 7) is 0.503. The minimum absolute atomic E-state index is 0.0163. The van der Waals surface area contributed by atoms with Crippen molar-refractivity contribution in [3.05, 3.63) is 107 Å². The van der Waals surface area contributed by atoms with Gasteiger partial charge in [-0.25, -0.2) is 4.68 Å². The van der Waals surface area contributed by atoms with Crippen molar-refractivity contribution >= 4 is 11.7 Å². The minimum Gasteiger partial charge on any atom is -0.489 e. The number of nitrogens with one attached hydrogen (secondary N) is 1. The first-order valence-corrected chi connectivity index (χ1v) is 11.0. The maximum absolute atomic E-state index is 13.4. The Morgan fingerprint density at radius 2 is 1.88 bits per heavy atom. The van der Waals surface area contributed by atoms with Gasteiger partial charge in [0.2, 0.25) is 5.95 Å². The number of carbonyl (C=O) groups excluding carboxylic acids is 1. The van der Waals surface area contributed by atoms with Crippen LogP contribution in [0.4, 0.5) is 5.95 Å². The fraction of sp³-hybridized carbons (Fsp3) is 0.192. The summed E-state index contributed by atoms with van der Waals surface area (Å²) in [5, 5.41) is 7.75. The number of ketones is 1. The zero-order valence-electron chi connectivity index (χ0n) is 17.8. The summed E-state index contributed by atoms with van der Waals surface area (Å²) in [6, 6.07) is 21.4. The molecule has 2 atom stereocenters. The molecule has 1 N–H and O–H groups in total. The van der Waals surface area contributed by atoms with Crippen molar-refractivity contribution in [2.24, 2.45) is 0 Å². The SMILES string of the molecule is O=C1CC(c2ccco2)CC2=C1C(c1ccc(OCc3ccccc3)cc1)n1ncnc1N2. The molecule has 2 unspecified atom stereocenters. The van der Waals surface area contributed by atoms with Crippen LogP contribution in [0.25, 0.3) is 0 Å². The fourth-order valence-electron chi connectivity index (χ4n) is 4.67. The highest BCUT2D eigenvalue weighted by atomic mass is 16.5. The summed E-state index contributed by atoms with van der Waals surface area (Å²) < 4.78 is 13.3. The smallest absolute Gasteiger partial charge is 0.226 e. The molecule has 33 heavy (non-hydrogen) atoms. The number of furan rings is 1. The average Bonchev–Trinajstić information content (AvgIpc) is 3.55. The van der Waals surface area contributed by atoms with Gasteiger partial charge in [0.05, 0.1) is 6.26 Å². The van der Waals surface area contributed by atoms with Crippen molar-refractivity contribution in [3.8, 4) is 5.75 Å². The number of ether oxygens (including phenoxy) is 1. The Morgan fingerprint density at radius 3 is 2.67 bits per heavy atom. The van der Waals surface area contributed by atoms with Gasteiger partial charge >= 0.3 is 0 Å². The monoisotopic (exact) mass is 438 g/mol. The number of aromatic nitrogens is 3. The molecule has 0 bridgehead atoms. The summed E-state index contributed by atoms with van der Waals surface area (Å²) >= 11 is 0. The molecule has 1 aliphatic heterocycles. The molecule has 0 spiro atoms. The van der Waals surface area contributed by atoms with E-state index in [0.717, 1.165) is 33.9 Å². The van der Waals surface area contributed by atoms with Crippen molar-refractivity contribution < 1.29 is 13.9 Å². The van der Waals surface area contributed by atoms with Crippen LogP contribution in [0.1, 0.15) is 41.7 Å². The first-order chi connectivity index (χ1) is 16.3. The molecule has 4 aromatic rings. The number of benzene rings is 2. The first-order valence-electron chi connectivity index (χ1n) is 11.0. The Balaban J connectivity index is 1.30. The lowest BCUT2D eigenvalue weighted by molar-refractivity contribution is -0.117. The lowest BCUT2D eigenvalue weighted by atomic mass is 9.79. The van der Waals surface area contributed by atoms with Crippen LogP contribution >= 0.6 is 0 Å².